The van der Waals surface area contributed by atoms with Gasteiger partial charge in [0.25, 0.3) is 0 Å². The minimum atomic E-state index is 0.266. The molecule has 0 amide bonds. The van der Waals surface area contributed by atoms with Crippen LogP contribution in [0.1, 0.15) is 26.2 Å². The summed E-state index contributed by atoms with van der Waals surface area (Å²) in [6, 6.07) is 0. The van der Waals surface area contributed by atoms with E-state index in [2.05, 4.69) is 5.32 Å². The molecule has 62 valence electrons. The van der Waals surface area contributed by atoms with Gasteiger partial charge in [-0.25, -0.2) is 0 Å². The van der Waals surface area contributed by atoms with Crippen molar-refractivity contribution in [2.24, 2.45) is 0 Å². The van der Waals surface area contributed by atoms with E-state index in [9.17, 15) is 4.79 Å². The van der Waals surface area contributed by atoms with Crippen LogP contribution in [0.3, 0.4) is 0 Å². The van der Waals surface area contributed by atoms with E-state index in [1.807, 2.05) is 13.0 Å². The standard InChI is InChI=1S/C9H15NO/c1-2-9(11)7-8-3-5-10-6-4-8/h7,10H,2-6H2,1H3. The number of allylic oxidation sites excluding steroid dienone is 1. The molecular formula is C9H15NO. The van der Waals surface area contributed by atoms with Gasteiger partial charge in [0, 0.05) is 6.42 Å². The van der Waals surface area contributed by atoms with Crippen LogP contribution in [0, 0.1) is 0 Å². The Morgan fingerprint density at radius 3 is 2.73 bits per heavy atom. The molecule has 0 radical (unpaired) electrons. The molecule has 1 N–H and O–H groups in total. The van der Waals surface area contributed by atoms with Crippen LogP contribution in [-0.4, -0.2) is 18.9 Å². The highest BCUT2D eigenvalue weighted by atomic mass is 16.1. The smallest absolute Gasteiger partial charge is 0.155 e. The summed E-state index contributed by atoms with van der Waals surface area (Å²) in [7, 11) is 0. The van der Waals surface area contributed by atoms with Gasteiger partial charge < -0.3 is 5.32 Å². The monoisotopic (exact) mass is 153 g/mol. The second-order valence-electron chi connectivity index (χ2n) is 2.87. The maximum absolute atomic E-state index is 11.0. The highest BCUT2D eigenvalue weighted by Crippen LogP contribution is 2.09. The number of rotatable bonds is 2. The second kappa shape index (κ2) is 4.29. The first kappa shape index (κ1) is 8.47. The fourth-order valence-corrected chi connectivity index (χ4v) is 1.22. The Morgan fingerprint density at radius 2 is 2.18 bits per heavy atom. The largest absolute Gasteiger partial charge is 0.316 e. The summed E-state index contributed by atoms with van der Waals surface area (Å²) >= 11 is 0. The summed E-state index contributed by atoms with van der Waals surface area (Å²) in [5, 5.41) is 3.25. The number of nitrogens with one attached hydrogen (secondary N) is 1. The normalized spacial score (nSPS) is 18.1. The molecule has 0 aromatic rings. The van der Waals surface area contributed by atoms with Gasteiger partial charge in [-0.15, -0.1) is 0 Å². The Kier molecular flexibility index (Phi) is 3.30. The number of carbonyl (C=O) groups excluding carboxylic acids is 1. The molecule has 0 aliphatic carbocycles. The number of hydrogen-bond acceptors (Lipinski definition) is 2. The average Bonchev–Trinajstić information content (AvgIpc) is 2.06. The molecular weight excluding hydrogens is 138 g/mol. The lowest BCUT2D eigenvalue weighted by atomic mass is 10.0. The van der Waals surface area contributed by atoms with Gasteiger partial charge in [0.1, 0.15) is 0 Å². The lowest BCUT2D eigenvalue weighted by molar-refractivity contribution is -0.114. The van der Waals surface area contributed by atoms with Crippen LogP contribution in [0.4, 0.5) is 0 Å². The van der Waals surface area contributed by atoms with E-state index in [-0.39, 0.29) is 5.78 Å². The zero-order valence-corrected chi connectivity index (χ0v) is 7.02. The first-order valence-electron chi connectivity index (χ1n) is 4.26. The lowest BCUT2D eigenvalue weighted by Gasteiger charge is -2.14. The van der Waals surface area contributed by atoms with E-state index in [0.717, 1.165) is 25.9 Å². The summed E-state index contributed by atoms with van der Waals surface area (Å²) in [4.78, 5) is 11.0. The second-order valence-corrected chi connectivity index (χ2v) is 2.87. The molecule has 0 saturated carbocycles. The van der Waals surface area contributed by atoms with Crippen LogP contribution < -0.4 is 5.32 Å². The lowest BCUT2D eigenvalue weighted by Crippen LogP contribution is -2.23. The van der Waals surface area contributed by atoms with E-state index in [4.69, 9.17) is 0 Å². The molecule has 2 nitrogen and oxygen atoms in total. The maximum Gasteiger partial charge on any atom is 0.155 e. The molecule has 1 aliphatic rings. The highest BCUT2D eigenvalue weighted by Gasteiger charge is 2.05. The summed E-state index contributed by atoms with van der Waals surface area (Å²) in [5.74, 6) is 0.266. The van der Waals surface area contributed by atoms with Crippen molar-refractivity contribution in [3.8, 4) is 0 Å². The van der Waals surface area contributed by atoms with Crippen LogP contribution in [0.5, 0.6) is 0 Å². The van der Waals surface area contributed by atoms with Gasteiger partial charge in [-0.2, -0.15) is 0 Å². The van der Waals surface area contributed by atoms with Crippen LogP contribution in [0.25, 0.3) is 0 Å². The predicted molar refractivity (Wildman–Crippen MR) is 45.5 cm³/mol. The van der Waals surface area contributed by atoms with E-state index in [1.54, 1.807) is 0 Å². The fraction of sp³-hybridized carbons (Fsp3) is 0.667. The van der Waals surface area contributed by atoms with Crippen LogP contribution in [0.15, 0.2) is 11.6 Å². The van der Waals surface area contributed by atoms with Crippen molar-refractivity contribution in [1.29, 1.82) is 0 Å². The zero-order chi connectivity index (χ0) is 8.10. The summed E-state index contributed by atoms with van der Waals surface area (Å²) in [6.07, 6.45) is 4.55. The zero-order valence-electron chi connectivity index (χ0n) is 7.02. The Bertz CT molecular complexity index is 164. The molecule has 1 rings (SSSR count). The van der Waals surface area contributed by atoms with E-state index in [0.29, 0.717) is 6.42 Å². The number of carbonyl (C=O) groups is 1. The molecule has 0 aromatic carbocycles. The van der Waals surface area contributed by atoms with E-state index in [1.165, 1.54) is 5.57 Å². The topological polar surface area (TPSA) is 29.1 Å². The third kappa shape index (κ3) is 2.85. The fourth-order valence-electron chi connectivity index (χ4n) is 1.22. The minimum Gasteiger partial charge on any atom is -0.316 e. The molecule has 1 aliphatic heterocycles. The minimum absolute atomic E-state index is 0.266. The number of hydrogen-bond donors (Lipinski definition) is 1. The molecule has 0 spiro atoms. The first-order valence-corrected chi connectivity index (χ1v) is 4.26. The van der Waals surface area contributed by atoms with Crippen molar-refractivity contribution in [1.82, 2.24) is 5.32 Å². The van der Waals surface area contributed by atoms with Gasteiger partial charge in [0.15, 0.2) is 5.78 Å². The van der Waals surface area contributed by atoms with Crippen molar-refractivity contribution >= 4 is 5.78 Å². The molecule has 1 fully saturated rings. The van der Waals surface area contributed by atoms with Crippen LogP contribution in [0.2, 0.25) is 0 Å². The van der Waals surface area contributed by atoms with Gasteiger partial charge in [-0.3, -0.25) is 4.79 Å². The van der Waals surface area contributed by atoms with Gasteiger partial charge in [0.2, 0.25) is 0 Å². The molecule has 1 saturated heterocycles. The van der Waals surface area contributed by atoms with Crippen molar-refractivity contribution in [2.75, 3.05) is 13.1 Å². The predicted octanol–water partition coefficient (Wildman–Crippen LogP) is 1.28. The summed E-state index contributed by atoms with van der Waals surface area (Å²) in [6.45, 7) is 3.96. The summed E-state index contributed by atoms with van der Waals surface area (Å²) < 4.78 is 0. The van der Waals surface area contributed by atoms with E-state index >= 15 is 0 Å². The molecule has 1 heterocycles. The van der Waals surface area contributed by atoms with Crippen molar-refractivity contribution in [3.63, 3.8) is 0 Å². The number of piperidine rings is 1. The molecule has 2 heteroatoms. The Hall–Kier alpha value is -0.630. The molecule has 0 atom stereocenters. The van der Waals surface area contributed by atoms with Gasteiger partial charge in [0.05, 0.1) is 0 Å². The average molecular weight is 153 g/mol. The van der Waals surface area contributed by atoms with Crippen molar-refractivity contribution in [3.05, 3.63) is 11.6 Å². The summed E-state index contributed by atoms with van der Waals surface area (Å²) in [5.41, 5.74) is 1.32. The Labute approximate surface area is 67.7 Å². The van der Waals surface area contributed by atoms with Crippen LogP contribution in [-0.2, 0) is 4.79 Å². The number of ketones is 1. The third-order valence-corrected chi connectivity index (χ3v) is 1.96. The van der Waals surface area contributed by atoms with Gasteiger partial charge in [-0.1, -0.05) is 12.5 Å². The molecule has 0 aromatic heterocycles. The van der Waals surface area contributed by atoms with Gasteiger partial charge in [-0.05, 0) is 32.0 Å². The van der Waals surface area contributed by atoms with Gasteiger partial charge >= 0.3 is 0 Å². The van der Waals surface area contributed by atoms with E-state index < -0.39 is 0 Å². The van der Waals surface area contributed by atoms with Crippen molar-refractivity contribution in [2.45, 2.75) is 26.2 Å². The van der Waals surface area contributed by atoms with Crippen molar-refractivity contribution < 1.29 is 4.79 Å². The Morgan fingerprint density at radius 1 is 1.55 bits per heavy atom. The SMILES string of the molecule is CCC(=O)C=C1CCNCC1. The molecule has 0 unspecified atom stereocenters. The quantitative estimate of drug-likeness (QED) is 0.605. The third-order valence-electron chi connectivity index (χ3n) is 1.96. The van der Waals surface area contributed by atoms with Crippen LogP contribution >= 0.6 is 0 Å². The highest BCUT2D eigenvalue weighted by molar-refractivity contribution is 5.90. The first-order chi connectivity index (χ1) is 5.33. The molecule has 11 heavy (non-hydrogen) atoms. The molecule has 0 bridgehead atoms. The Balaban J connectivity index is 2.43. The maximum atomic E-state index is 11.0.